The molecule has 2 N–H and O–H groups in total. The van der Waals surface area contributed by atoms with Gasteiger partial charge in [-0.05, 0) is 24.3 Å². The van der Waals surface area contributed by atoms with Crippen molar-refractivity contribution in [2.24, 2.45) is 0 Å². The van der Waals surface area contributed by atoms with Gasteiger partial charge in [0.25, 0.3) is 0 Å². The molecule has 82 valence electrons. The molecule has 0 bridgehead atoms. The Hall–Kier alpha value is -1.84. The summed E-state index contributed by atoms with van der Waals surface area (Å²) >= 11 is 0. The van der Waals surface area contributed by atoms with E-state index in [4.69, 9.17) is 14.9 Å². The molecule has 0 unspecified atom stereocenters. The Balaban J connectivity index is 2.11. The lowest BCUT2D eigenvalue weighted by atomic mass is 10.2. The molecule has 2 rings (SSSR count). The van der Waals surface area contributed by atoms with E-state index in [1.807, 2.05) is 30.3 Å². The van der Waals surface area contributed by atoms with Crippen LogP contribution < -0.4 is 4.74 Å². The molecule has 16 heavy (non-hydrogen) atoms. The van der Waals surface area contributed by atoms with E-state index in [0.717, 1.165) is 5.75 Å². The van der Waals surface area contributed by atoms with E-state index >= 15 is 0 Å². The van der Waals surface area contributed by atoms with Crippen LogP contribution in [0.3, 0.4) is 0 Å². The molecule has 0 aliphatic rings. The van der Waals surface area contributed by atoms with Gasteiger partial charge in [-0.25, -0.2) is 0 Å². The third kappa shape index (κ3) is 2.59. The molecule has 0 aromatic heterocycles. The molecular formula is C13H12O3. The number of aliphatic hydroxyl groups is 2. The Morgan fingerprint density at radius 3 is 1.88 bits per heavy atom. The zero-order valence-corrected chi connectivity index (χ0v) is 8.58. The molecule has 2 aromatic rings. The second kappa shape index (κ2) is 4.79. The van der Waals surface area contributed by atoms with Crippen LogP contribution in [-0.2, 0) is 0 Å². The Kier molecular flexibility index (Phi) is 3.19. The molecule has 0 atom stereocenters. The van der Waals surface area contributed by atoms with Crippen molar-refractivity contribution in [3.63, 3.8) is 0 Å². The monoisotopic (exact) mass is 216 g/mol. The van der Waals surface area contributed by atoms with Crippen molar-refractivity contribution in [2.75, 3.05) is 0 Å². The Morgan fingerprint density at radius 1 is 0.750 bits per heavy atom. The van der Waals surface area contributed by atoms with Gasteiger partial charge in [0.05, 0.1) is 0 Å². The lowest BCUT2D eigenvalue weighted by Gasteiger charge is -2.07. The summed E-state index contributed by atoms with van der Waals surface area (Å²) in [7, 11) is 0. The molecular weight excluding hydrogens is 204 g/mol. The number of benzene rings is 2. The molecule has 3 nitrogen and oxygen atoms in total. The highest BCUT2D eigenvalue weighted by atomic mass is 16.5. The van der Waals surface area contributed by atoms with Crippen LogP contribution in [0.1, 0.15) is 11.9 Å². The third-order valence-corrected chi connectivity index (χ3v) is 2.16. The summed E-state index contributed by atoms with van der Waals surface area (Å²) in [4.78, 5) is 0. The molecule has 0 aliphatic heterocycles. The summed E-state index contributed by atoms with van der Waals surface area (Å²) in [6.45, 7) is 0. The van der Waals surface area contributed by atoms with Gasteiger partial charge in [-0.3, -0.25) is 0 Å². The molecule has 0 aliphatic carbocycles. The minimum Gasteiger partial charge on any atom is -0.457 e. The van der Waals surface area contributed by atoms with Crippen molar-refractivity contribution in [1.82, 2.24) is 0 Å². The second-order valence-electron chi connectivity index (χ2n) is 3.36. The topological polar surface area (TPSA) is 49.7 Å². The van der Waals surface area contributed by atoms with E-state index in [9.17, 15) is 0 Å². The van der Waals surface area contributed by atoms with Gasteiger partial charge in [-0.1, -0.05) is 30.3 Å². The SMILES string of the molecule is OC(O)c1ccc(Oc2ccccc2)cc1. The van der Waals surface area contributed by atoms with E-state index in [1.165, 1.54) is 0 Å². The quantitative estimate of drug-likeness (QED) is 0.775. The lowest BCUT2D eigenvalue weighted by Crippen LogP contribution is -1.94. The van der Waals surface area contributed by atoms with E-state index in [2.05, 4.69) is 0 Å². The number of hydrogen-bond donors (Lipinski definition) is 2. The average Bonchev–Trinajstić information content (AvgIpc) is 2.31. The number of para-hydroxylation sites is 1. The summed E-state index contributed by atoms with van der Waals surface area (Å²) in [6.07, 6.45) is -1.44. The van der Waals surface area contributed by atoms with E-state index in [-0.39, 0.29) is 0 Å². The van der Waals surface area contributed by atoms with Crippen molar-refractivity contribution < 1.29 is 14.9 Å². The van der Waals surface area contributed by atoms with Crippen LogP contribution in [0.25, 0.3) is 0 Å². The predicted octanol–water partition coefficient (Wildman–Crippen LogP) is 2.46. The average molecular weight is 216 g/mol. The minimum atomic E-state index is -1.44. The zero-order valence-electron chi connectivity index (χ0n) is 8.58. The molecule has 0 amide bonds. The van der Waals surface area contributed by atoms with Gasteiger partial charge in [0.2, 0.25) is 0 Å². The van der Waals surface area contributed by atoms with Crippen LogP contribution in [0.2, 0.25) is 0 Å². The van der Waals surface area contributed by atoms with E-state index in [0.29, 0.717) is 11.3 Å². The maximum atomic E-state index is 8.92. The molecule has 0 saturated carbocycles. The molecule has 0 fully saturated rings. The molecule has 2 aromatic carbocycles. The van der Waals surface area contributed by atoms with Gasteiger partial charge in [-0.2, -0.15) is 0 Å². The number of rotatable bonds is 3. The van der Waals surface area contributed by atoms with Crippen LogP contribution in [0, 0.1) is 0 Å². The first-order valence-electron chi connectivity index (χ1n) is 4.95. The van der Waals surface area contributed by atoms with Crippen LogP contribution in [0.15, 0.2) is 54.6 Å². The van der Waals surface area contributed by atoms with Gasteiger partial charge in [0.15, 0.2) is 6.29 Å². The normalized spacial score (nSPS) is 10.4. The van der Waals surface area contributed by atoms with Crippen LogP contribution in [0.4, 0.5) is 0 Å². The number of ether oxygens (including phenoxy) is 1. The molecule has 0 saturated heterocycles. The highest BCUT2D eigenvalue weighted by Crippen LogP contribution is 2.22. The van der Waals surface area contributed by atoms with Crippen LogP contribution in [0.5, 0.6) is 11.5 Å². The summed E-state index contributed by atoms with van der Waals surface area (Å²) in [5.74, 6) is 1.41. The molecule has 0 spiro atoms. The maximum Gasteiger partial charge on any atom is 0.178 e. The Labute approximate surface area is 93.6 Å². The van der Waals surface area contributed by atoms with Gasteiger partial charge in [-0.15, -0.1) is 0 Å². The van der Waals surface area contributed by atoms with Gasteiger partial charge in [0, 0.05) is 5.56 Å². The van der Waals surface area contributed by atoms with Crippen LogP contribution in [-0.4, -0.2) is 10.2 Å². The van der Waals surface area contributed by atoms with Gasteiger partial charge in [0.1, 0.15) is 11.5 Å². The second-order valence-corrected chi connectivity index (χ2v) is 3.36. The van der Waals surface area contributed by atoms with Crippen LogP contribution >= 0.6 is 0 Å². The lowest BCUT2D eigenvalue weighted by molar-refractivity contribution is -0.0424. The summed E-state index contributed by atoms with van der Waals surface area (Å²) in [5, 5.41) is 17.8. The molecule has 3 heteroatoms. The first-order valence-corrected chi connectivity index (χ1v) is 4.95. The summed E-state index contributed by atoms with van der Waals surface area (Å²) in [6, 6.07) is 16.0. The van der Waals surface area contributed by atoms with E-state index < -0.39 is 6.29 Å². The molecule has 0 heterocycles. The standard InChI is InChI=1S/C13H12O3/c14-13(15)10-6-8-12(9-7-10)16-11-4-2-1-3-5-11/h1-9,13-15H. The van der Waals surface area contributed by atoms with Crippen molar-refractivity contribution in [3.05, 3.63) is 60.2 Å². The predicted molar refractivity (Wildman–Crippen MR) is 60.1 cm³/mol. The summed E-state index contributed by atoms with van der Waals surface area (Å²) in [5.41, 5.74) is 0.445. The van der Waals surface area contributed by atoms with E-state index in [1.54, 1.807) is 24.3 Å². The minimum absolute atomic E-state index is 0.445. The third-order valence-electron chi connectivity index (χ3n) is 2.16. The van der Waals surface area contributed by atoms with Crippen molar-refractivity contribution in [2.45, 2.75) is 6.29 Å². The van der Waals surface area contributed by atoms with Crippen molar-refractivity contribution in [3.8, 4) is 11.5 Å². The first-order chi connectivity index (χ1) is 7.75. The largest absolute Gasteiger partial charge is 0.457 e. The molecule has 0 radical (unpaired) electrons. The Bertz CT molecular complexity index is 434. The fraction of sp³-hybridized carbons (Fsp3) is 0.0769. The summed E-state index contributed by atoms with van der Waals surface area (Å²) < 4.78 is 5.55. The zero-order chi connectivity index (χ0) is 11.4. The fourth-order valence-electron chi connectivity index (χ4n) is 1.33. The van der Waals surface area contributed by atoms with Gasteiger partial charge >= 0.3 is 0 Å². The number of hydrogen-bond acceptors (Lipinski definition) is 3. The van der Waals surface area contributed by atoms with Crippen molar-refractivity contribution >= 4 is 0 Å². The highest BCUT2D eigenvalue weighted by Gasteiger charge is 2.02. The first kappa shape index (κ1) is 10.7. The fourth-order valence-corrected chi connectivity index (χ4v) is 1.33. The number of aliphatic hydroxyl groups excluding tert-OH is 1. The Morgan fingerprint density at radius 2 is 1.31 bits per heavy atom. The van der Waals surface area contributed by atoms with Gasteiger partial charge < -0.3 is 14.9 Å². The highest BCUT2D eigenvalue weighted by molar-refractivity contribution is 5.33. The van der Waals surface area contributed by atoms with Crippen molar-refractivity contribution in [1.29, 1.82) is 0 Å². The smallest absolute Gasteiger partial charge is 0.178 e. The maximum absolute atomic E-state index is 8.92.